The Balaban J connectivity index is 1.35. The number of aromatic nitrogens is 3. The first-order valence-electron chi connectivity index (χ1n) is 23.6. The summed E-state index contributed by atoms with van der Waals surface area (Å²) >= 11 is 0. The number of benzene rings is 2. The molecular formula is C48H61F3N6O4Si. The lowest BCUT2D eigenvalue weighted by molar-refractivity contribution is 0.0122. The highest BCUT2D eigenvalue weighted by Gasteiger charge is 2.50. The molecule has 4 saturated heterocycles. The van der Waals surface area contributed by atoms with Gasteiger partial charge in [-0.25, -0.2) is 22.9 Å². The number of aromatic hydroxyl groups is 1. The number of rotatable bonds is 8. The molecule has 2 aromatic heterocycles. The number of anilines is 1. The van der Waals surface area contributed by atoms with Crippen molar-refractivity contribution in [1.29, 1.82) is 0 Å². The number of halogens is 3. The fourth-order valence-electron chi connectivity index (χ4n) is 11.3. The maximum Gasteiger partial charge on any atom is 0.410 e. The molecule has 0 saturated carbocycles. The van der Waals surface area contributed by atoms with Crippen molar-refractivity contribution in [1.82, 2.24) is 24.8 Å². The van der Waals surface area contributed by atoms with Gasteiger partial charge in [0.15, 0.2) is 5.82 Å². The number of nitrogens with zero attached hydrogens (tertiary/aromatic N) is 6. The Hall–Kier alpha value is -4.61. The molecule has 10 nitrogen and oxygen atoms in total. The van der Waals surface area contributed by atoms with Crippen LogP contribution in [0.25, 0.3) is 32.9 Å². The van der Waals surface area contributed by atoms with Gasteiger partial charge in [0.25, 0.3) is 0 Å². The summed E-state index contributed by atoms with van der Waals surface area (Å²) in [6.07, 6.45) is 1.63. The second kappa shape index (κ2) is 16.2. The molecule has 2 bridgehead atoms. The molecule has 6 heterocycles. The van der Waals surface area contributed by atoms with E-state index in [0.29, 0.717) is 31.2 Å². The Labute approximate surface area is 368 Å². The normalized spacial score (nSPS) is 23.9. The third-order valence-electron chi connectivity index (χ3n) is 13.9. The summed E-state index contributed by atoms with van der Waals surface area (Å²) < 4.78 is 87.9. The molecule has 4 aliphatic rings. The lowest BCUT2D eigenvalue weighted by Gasteiger charge is -2.42. The first-order chi connectivity index (χ1) is 30.4. The van der Waals surface area contributed by atoms with E-state index in [1.807, 2.05) is 4.90 Å². The number of phenols is 1. The van der Waals surface area contributed by atoms with Gasteiger partial charge < -0.3 is 19.5 Å². The van der Waals surface area contributed by atoms with Crippen molar-refractivity contribution >= 4 is 41.7 Å². The average molecular weight is 874 g/mol. The summed E-state index contributed by atoms with van der Waals surface area (Å²) in [5, 5.41) is 11.5. The van der Waals surface area contributed by atoms with Gasteiger partial charge in [-0.05, 0) is 100 Å². The van der Waals surface area contributed by atoms with Crippen LogP contribution in [0.3, 0.4) is 0 Å². The van der Waals surface area contributed by atoms with E-state index in [2.05, 4.69) is 67.9 Å². The second-order valence-corrected chi connectivity index (χ2v) is 25.5. The van der Waals surface area contributed by atoms with E-state index in [9.17, 15) is 14.3 Å². The Morgan fingerprint density at radius 2 is 1.71 bits per heavy atom. The number of aryl methyl sites for hydroxylation is 1. The topological polar surface area (TPSA) is 104 Å². The smallest absolute Gasteiger partial charge is 0.410 e. The molecule has 2 unspecified atom stereocenters. The maximum absolute atomic E-state index is 18.0. The fourth-order valence-corrected chi connectivity index (χ4v) is 16.5. The van der Waals surface area contributed by atoms with E-state index in [4.69, 9.17) is 18.6 Å². The Morgan fingerprint density at radius 3 is 2.35 bits per heavy atom. The third kappa shape index (κ3) is 7.65. The second-order valence-electron chi connectivity index (χ2n) is 19.9. The molecule has 4 fully saturated rings. The quantitative estimate of drug-likeness (QED) is 0.137. The minimum absolute atomic E-state index is 0.0121. The van der Waals surface area contributed by atoms with Gasteiger partial charge in [-0.3, -0.25) is 9.80 Å². The minimum Gasteiger partial charge on any atom is -0.508 e. The number of piperazine rings is 1. The highest BCUT2D eigenvalue weighted by molar-refractivity contribution is 6.90. The largest absolute Gasteiger partial charge is 0.508 e. The van der Waals surface area contributed by atoms with Crippen molar-refractivity contribution < 1.29 is 36.7 Å². The van der Waals surface area contributed by atoms with Gasteiger partial charge in [0.05, 0.1) is 34.3 Å². The van der Waals surface area contributed by atoms with E-state index >= 15 is 8.78 Å². The summed E-state index contributed by atoms with van der Waals surface area (Å²) in [5.41, 5.74) is 1.47. The zero-order valence-corrected chi connectivity index (χ0v) is 38.3. The summed E-state index contributed by atoms with van der Waals surface area (Å²) in [6, 6.07) is 4.52. The number of phenolic OH excluding ortho intramolecular Hbond substituents is 1. The Bertz CT molecular complexity index is 2560. The van der Waals surface area contributed by atoms with Crippen LogP contribution in [0.5, 0.6) is 11.8 Å². The number of hydrogen-bond acceptors (Lipinski definition) is 9. The number of pyridine rings is 1. The molecular weight excluding hydrogens is 810 g/mol. The van der Waals surface area contributed by atoms with Crippen LogP contribution in [0, 0.1) is 30.0 Å². The van der Waals surface area contributed by atoms with Crippen molar-refractivity contribution in [3.05, 3.63) is 47.2 Å². The lowest BCUT2D eigenvalue weighted by atomic mass is 9.95. The molecule has 8 rings (SSSR count). The van der Waals surface area contributed by atoms with Crippen LogP contribution in [0.4, 0.5) is 23.8 Å². The number of alkyl halides is 1. The highest BCUT2D eigenvalue weighted by atomic mass is 28.3. The minimum atomic E-state index is -2.96. The molecule has 0 radical (unpaired) electrons. The van der Waals surface area contributed by atoms with Crippen LogP contribution in [-0.4, -0.2) is 106 Å². The van der Waals surface area contributed by atoms with E-state index in [-0.39, 0.29) is 101 Å². The number of hydrogen-bond donors (Lipinski definition) is 1. The highest BCUT2D eigenvalue weighted by Crippen LogP contribution is 2.45. The van der Waals surface area contributed by atoms with Gasteiger partial charge in [-0.1, -0.05) is 53.5 Å². The summed E-state index contributed by atoms with van der Waals surface area (Å²) in [4.78, 5) is 33.1. The Kier molecular flexibility index (Phi) is 10.5. The molecule has 332 valence electrons. The fraction of sp³-hybridized carbons (Fsp3) is 0.583. The summed E-state index contributed by atoms with van der Waals surface area (Å²) in [7, 11) is -2.43. The predicted octanol–water partition coefficient (Wildman–Crippen LogP) is 10.3. The maximum atomic E-state index is 18.0. The van der Waals surface area contributed by atoms with Gasteiger partial charge in [0.2, 0.25) is 0 Å². The van der Waals surface area contributed by atoms with E-state index < -0.39 is 66.9 Å². The van der Waals surface area contributed by atoms with Crippen molar-refractivity contribution in [3.63, 3.8) is 0 Å². The Morgan fingerprint density at radius 1 is 1.02 bits per heavy atom. The average Bonchev–Trinajstić information content (AvgIpc) is 3.82. The zero-order valence-electron chi connectivity index (χ0n) is 40.3. The molecule has 14 heteroatoms. The van der Waals surface area contributed by atoms with Crippen molar-refractivity contribution in [2.45, 2.75) is 147 Å². The van der Waals surface area contributed by atoms with Gasteiger partial charge in [0, 0.05) is 41.1 Å². The van der Waals surface area contributed by atoms with Crippen LogP contribution >= 0.6 is 0 Å². The van der Waals surface area contributed by atoms with Gasteiger partial charge >= 0.3 is 12.1 Å². The number of ether oxygens (including phenoxy) is 2. The van der Waals surface area contributed by atoms with Crippen molar-refractivity contribution in [2.75, 3.05) is 37.7 Å². The summed E-state index contributed by atoms with van der Waals surface area (Å²) in [6.45, 7) is 16.8. The molecule has 0 aliphatic carbocycles. The first kappa shape index (κ1) is 40.2. The van der Waals surface area contributed by atoms with Crippen LogP contribution < -0.4 is 9.64 Å². The first-order valence-corrected chi connectivity index (χ1v) is 24.4. The lowest BCUT2D eigenvalue weighted by Crippen LogP contribution is -2.57. The standard InChI is InChI=1S/C48H61F3N6O4Si/c1-27(2)62(28(3)4,29(5)6)19-16-36-38(50)15-12-31-20-35(58)21-37(40(31)36)42-41(51)43-39(30(7)52-42)44(54-45(53-43)60-26-48-17-11-18-56(48)23-32(49)22-48)55-24-33-13-14-34(25-55)57(33)46(59)61-47(8,9)10/h12,15,20-21,27-29,32-34,58H,11,13-14,17-18,22-26H2,1-10H3/t32-,33?,34?,48+/m1/s1/i7D3. The molecule has 4 atom stereocenters. The third-order valence-corrected chi connectivity index (χ3v) is 20.2. The van der Waals surface area contributed by atoms with Gasteiger partial charge in [-0.15, -0.1) is 5.54 Å². The molecule has 2 aromatic carbocycles. The van der Waals surface area contributed by atoms with Crippen LogP contribution in [-0.2, 0) is 4.74 Å². The monoisotopic (exact) mass is 873 g/mol. The van der Waals surface area contributed by atoms with E-state index in [0.717, 1.165) is 6.42 Å². The van der Waals surface area contributed by atoms with Gasteiger partial charge in [-0.2, -0.15) is 9.97 Å². The molecule has 1 amide bonds. The SMILES string of the molecule is [2H]C([2H])([2H])c1nc(-c2cc(O)cc3ccc(F)c(C#C[Si](C(C)C)(C(C)C)C(C)C)c23)c(F)c2nc(OC[C@@]34CCCN3C[C@H](F)C4)nc(N3CC4CCC(C3)N4C(=O)OC(C)(C)C)c12. The van der Waals surface area contributed by atoms with E-state index in [1.54, 1.807) is 25.7 Å². The van der Waals surface area contributed by atoms with Crippen molar-refractivity contribution in [2.24, 2.45) is 0 Å². The predicted molar refractivity (Wildman–Crippen MR) is 240 cm³/mol. The zero-order chi connectivity index (χ0) is 47.1. The molecule has 1 N–H and O–H groups in total. The van der Waals surface area contributed by atoms with Crippen LogP contribution in [0.15, 0.2) is 24.3 Å². The number of carbonyl (C=O) groups excluding carboxylic acids is 1. The van der Waals surface area contributed by atoms with Crippen molar-refractivity contribution in [3.8, 4) is 34.5 Å². The molecule has 4 aromatic rings. The van der Waals surface area contributed by atoms with Crippen LogP contribution in [0.1, 0.15) is 110 Å². The molecule has 62 heavy (non-hydrogen) atoms. The number of carbonyl (C=O) groups is 1. The summed E-state index contributed by atoms with van der Waals surface area (Å²) in [5.74, 6) is 1.31. The van der Waals surface area contributed by atoms with Gasteiger partial charge in [0.1, 0.15) is 55.0 Å². The van der Waals surface area contributed by atoms with E-state index in [1.165, 1.54) is 24.3 Å². The molecule has 4 aliphatic heterocycles. The number of amides is 1. The molecule has 0 spiro atoms. The van der Waals surface area contributed by atoms with Crippen LogP contribution in [0.2, 0.25) is 16.6 Å². The number of fused-ring (bicyclic) bond motifs is 5.